The Labute approximate surface area is 68.9 Å². The maximum atomic E-state index is 5.40. The van der Waals surface area contributed by atoms with E-state index in [1.54, 1.807) is 0 Å². The molecule has 60 valence electrons. The van der Waals surface area contributed by atoms with Crippen molar-refractivity contribution in [1.82, 2.24) is 0 Å². The molecular weight excluding hydrogens is 146 g/mol. The standard InChI is InChI=1S/C6H10ClN.C2H6/c7-5-3-1-2-4-6-8;1-2/h1-3,5,8H2;1-2H3. The van der Waals surface area contributed by atoms with Gasteiger partial charge in [0.05, 0.1) is 0 Å². The summed E-state index contributed by atoms with van der Waals surface area (Å²) >= 11 is 5.40. The van der Waals surface area contributed by atoms with Gasteiger partial charge in [0.15, 0.2) is 0 Å². The number of nitrogens with two attached hydrogens (primary N) is 1. The minimum absolute atomic E-state index is 0.728. The van der Waals surface area contributed by atoms with Crippen LogP contribution in [0.2, 0.25) is 0 Å². The first-order valence-corrected chi connectivity index (χ1v) is 4.19. The lowest BCUT2D eigenvalue weighted by Crippen LogP contribution is -1.78. The highest BCUT2D eigenvalue weighted by Gasteiger charge is 1.79. The molecule has 0 aromatic heterocycles. The van der Waals surface area contributed by atoms with Crippen LogP contribution in [0.1, 0.15) is 33.1 Å². The van der Waals surface area contributed by atoms with E-state index >= 15 is 0 Å². The molecule has 0 unspecified atom stereocenters. The molecule has 0 aromatic carbocycles. The van der Waals surface area contributed by atoms with Gasteiger partial charge in [0.25, 0.3) is 0 Å². The van der Waals surface area contributed by atoms with Crippen molar-refractivity contribution in [3.05, 3.63) is 0 Å². The first kappa shape index (κ1) is 12.3. The second-order valence-electron chi connectivity index (χ2n) is 1.47. The normalized spacial score (nSPS) is 6.70. The van der Waals surface area contributed by atoms with Crippen molar-refractivity contribution in [3.63, 3.8) is 0 Å². The zero-order valence-corrected chi connectivity index (χ0v) is 7.54. The summed E-state index contributed by atoms with van der Waals surface area (Å²) in [6.45, 7) is 4.00. The largest absolute Gasteiger partial charge is 0.359 e. The summed E-state index contributed by atoms with van der Waals surface area (Å²) in [5, 5.41) is 0. The van der Waals surface area contributed by atoms with Crippen molar-refractivity contribution >= 4 is 11.6 Å². The molecule has 0 spiro atoms. The molecule has 0 atom stereocenters. The Balaban J connectivity index is 0. The third-order valence-electron chi connectivity index (χ3n) is 0.787. The second kappa shape index (κ2) is 15.9. The summed E-state index contributed by atoms with van der Waals surface area (Å²) in [4.78, 5) is 0. The lowest BCUT2D eigenvalue weighted by Gasteiger charge is -1.85. The Morgan fingerprint density at radius 3 is 2.30 bits per heavy atom. The zero-order chi connectivity index (χ0) is 8.24. The Bertz CT molecular complexity index is 91.2. The zero-order valence-electron chi connectivity index (χ0n) is 6.78. The molecule has 10 heavy (non-hydrogen) atoms. The molecule has 0 aliphatic heterocycles. The molecule has 0 saturated heterocycles. The quantitative estimate of drug-likeness (QED) is 0.293. The monoisotopic (exact) mass is 161 g/mol. The number of alkyl halides is 1. The Morgan fingerprint density at radius 1 is 1.30 bits per heavy atom. The van der Waals surface area contributed by atoms with E-state index in [9.17, 15) is 0 Å². The van der Waals surface area contributed by atoms with Crippen LogP contribution in [0.15, 0.2) is 0 Å². The van der Waals surface area contributed by atoms with E-state index in [0.29, 0.717) is 0 Å². The molecule has 0 saturated carbocycles. The second-order valence-corrected chi connectivity index (χ2v) is 1.85. The number of unbranched alkanes of at least 4 members (excludes halogenated alkanes) is 2. The SMILES string of the molecule is CC.NC#CCCCCCl. The van der Waals surface area contributed by atoms with Gasteiger partial charge in [0, 0.05) is 18.3 Å². The van der Waals surface area contributed by atoms with Gasteiger partial charge in [-0.1, -0.05) is 19.8 Å². The van der Waals surface area contributed by atoms with E-state index in [0.717, 1.165) is 25.1 Å². The molecule has 2 N–H and O–H groups in total. The molecule has 0 radical (unpaired) electrons. The molecule has 0 aromatic rings. The van der Waals surface area contributed by atoms with Crippen molar-refractivity contribution in [2.45, 2.75) is 33.1 Å². The molecule has 0 aliphatic rings. The van der Waals surface area contributed by atoms with Gasteiger partial charge in [-0.15, -0.1) is 11.6 Å². The molecule has 0 fully saturated rings. The van der Waals surface area contributed by atoms with E-state index in [-0.39, 0.29) is 0 Å². The van der Waals surface area contributed by atoms with Crippen LogP contribution in [-0.4, -0.2) is 5.88 Å². The summed E-state index contributed by atoms with van der Waals surface area (Å²) < 4.78 is 0. The van der Waals surface area contributed by atoms with E-state index in [2.05, 4.69) is 12.0 Å². The average Bonchev–Trinajstić information content (AvgIpc) is 2.02. The summed E-state index contributed by atoms with van der Waals surface area (Å²) in [6, 6.07) is 2.33. The highest BCUT2D eigenvalue weighted by molar-refractivity contribution is 6.17. The third kappa shape index (κ3) is 15.6. The molecule has 0 bridgehead atoms. The van der Waals surface area contributed by atoms with Crippen LogP contribution in [0.3, 0.4) is 0 Å². The lowest BCUT2D eigenvalue weighted by molar-refractivity contribution is 0.833. The summed E-state index contributed by atoms with van der Waals surface area (Å²) in [7, 11) is 0. The molecule has 0 rings (SSSR count). The topological polar surface area (TPSA) is 26.0 Å². The van der Waals surface area contributed by atoms with Gasteiger partial charge < -0.3 is 5.73 Å². The smallest absolute Gasteiger partial charge is 0.0223 e. The van der Waals surface area contributed by atoms with Gasteiger partial charge in [0.2, 0.25) is 0 Å². The molecule has 2 heteroatoms. The van der Waals surface area contributed by atoms with Gasteiger partial charge in [-0.05, 0) is 12.8 Å². The maximum Gasteiger partial charge on any atom is 0.0223 e. The fourth-order valence-corrected chi connectivity index (χ4v) is 0.569. The van der Waals surface area contributed by atoms with Gasteiger partial charge in [-0.2, -0.15) is 0 Å². The Morgan fingerprint density at radius 2 is 1.90 bits per heavy atom. The predicted molar refractivity (Wildman–Crippen MR) is 47.9 cm³/mol. The van der Waals surface area contributed by atoms with Crippen molar-refractivity contribution in [3.8, 4) is 12.0 Å². The average molecular weight is 162 g/mol. The Kier molecular flexibility index (Phi) is 19.6. The Hall–Kier alpha value is -0.350. The van der Waals surface area contributed by atoms with Gasteiger partial charge in [-0.3, -0.25) is 0 Å². The summed E-state index contributed by atoms with van der Waals surface area (Å²) in [5.74, 6) is 3.48. The number of rotatable bonds is 3. The summed E-state index contributed by atoms with van der Waals surface area (Å²) in [5.41, 5.74) is 4.92. The summed E-state index contributed by atoms with van der Waals surface area (Å²) in [6.07, 6.45) is 2.98. The van der Waals surface area contributed by atoms with Crippen LogP contribution < -0.4 is 5.73 Å². The third-order valence-corrected chi connectivity index (χ3v) is 1.05. The van der Waals surface area contributed by atoms with Gasteiger partial charge in [0.1, 0.15) is 0 Å². The number of halogens is 1. The van der Waals surface area contributed by atoms with Crippen molar-refractivity contribution in [2.75, 3.05) is 5.88 Å². The van der Waals surface area contributed by atoms with Crippen molar-refractivity contribution in [2.24, 2.45) is 5.73 Å². The molecule has 0 amide bonds. The van der Waals surface area contributed by atoms with E-state index in [4.69, 9.17) is 17.3 Å². The number of hydrogen-bond donors (Lipinski definition) is 1. The molecule has 0 aliphatic carbocycles. The predicted octanol–water partition coefficient (Wildman–Crippen LogP) is 2.34. The van der Waals surface area contributed by atoms with Crippen LogP contribution in [0.5, 0.6) is 0 Å². The van der Waals surface area contributed by atoms with E-state index in [1.165, 1.54) is 0 Å². The fourth-order valence-electron chi connectivity index (χ4n) is 0.380. The van der Waals surface area contributed by atoms with E-state index < -0.39 is 0 Å². The fraction of sp³-hybridized carbons (Fsp3) is 0.750. The van der Waals surface area contributed by atoms with Crippen molar-refractivity contribution in [1.29, 1.82) is 0 Å². The first-order chi connectivity index (χ1) is 4.91. The molecular formula is C8H16ClN. The number of hydrogen-bond acceptors (Lipinski definition) is 1. The van der Waals surface area contributed by atoms with Crippen LogP contribution in [0.4, 0.5) is 0 Å². The molecule has 1 nitrogen and oxygen atoms in total. The van der Waals surface area contributed by atoms with Crippen LogP contribution in [0.25, 0.3) is 0 Å². The highest BCUT2D eigenvalue weighted by Crippen LogP contribution is 1.94. The maximum absolute atomic E-state index is 5.40. The van der Waals surface area contributed by atoms with Gasteiger partial charge in [-0.25, -0.2) is 0 Å². The minimum Gasteiger partial charge on any atom is -0.359 e. The minimum atomic E-state index is 0.728. The highest BCUT2D eigenvalue weighted by atomic mass is 35.5. The molecule has 0 heterocycles. The van der Waals surface area contributed by atoms with Crippen molar-refractivity contribution < 1.29 is 0 Å². The lowest BCUT2D eigenvalue weighted by atomic mass is 10.3. The van der Waals surface area contributed by atoms with Crippen LogP contribution in [0, 0.1) is 12.0 Å². The van der Waals surface area contributed by atoms with Crippen LogP contribution in [-0.2, 0) is 0 Å². The first-order valence-electron chi connectivity index (χ1n) is 3.66. The van der Waals surface area contributed by atoms with E-state index in [1.807, 2.05) is 13.8 Å². The van der Waals surface area contributed by atoms with Crippen LogP contribution >= 0.6 is 11.6 Å². The van der Waals surface area contributed by atoms with Gasteiger partial charge >= 0.3 is 0 Å².